The smallest absolute Gasteiger partial charge is 0.150 e. The topological polar surface area (TPSA) is 59.1 Å². The molecule has 0 fully saturated rings. The van der Waals surface area contributed by atoms with Crippen LogP contribution in [0, 0.1) is 0 Å². The lowest BCUT2D eigenvalue weighted by Gasteiger charge is -2.07. The Morgan fingerprint density at radius 3 is 2.50 bits per heavy atom. The van der Waals surface area contributed by atoms with E-state index >= 15 is 0 Å². The second kappa shape index (κ2) is 5.40. The van der Waals surface area contributed by atoms with E-state index in [1.54, 1.807) is 0 Å². The lowest BCUT2D eigenvalue weighted by Crippen LogP contribution is -2.15. The van der Waals surface area contributed by atoms with Crippen molar-refractivity contribution in [2.24, 2.45) is 0 Å². The summed E-state index contributed by atoms with van der Waals surface area (Å²) in [6, 6.07) is 1.45. The van der Waals surface area contributed by atoms with Crippen molar-refractivity contribution in [3.8, 4) is 0 Å². The third kappa shape index (κ3) is 4.33. The summed E-state index contributed by atoms with van der Waals surface area (Å²) in [5.74, 6) is 0.311. The average Bonchev–Trinajstić information content (AvgIpc) is 2.11. The Hall–Kier alpha value is -0.230. The minimum atomic E-state index is -3.02. The molecule has 4 nitrogen and oxygen atoms in total. The number of hydrogen-bond acceptors (Lipinski definition) is 4. The molecule has 0 aliphatic carbocycles. The Kier molecular flexibility index (Phi) is 4.67. The molecule has 1 aromatic rings. The number of pyridine rings is 1. The van der Waals surface area contributed by atoms with E-state index in [0.717, 1.165) is 6.26 Å². The normalized spacial score (nSPS) is 11.5. The van der Waals surface area contributed by atoms with Gasteiger partial charge in [-0.2, -0.15) is 0 Å². The zero-order valence-electron chi connectivity index (χ0n) is 8.30. The lowest BCUT2D eigenvalue weighted by atomic mass is 10.4. The molecule has 0 atom stereocenters. The Labute approximate surface area is 109 Å². The first-order valence-electron chi connectivity index (χ1n) is 4.23. The van der Waals surface area contributed by atoms with Crippen LogP contribution in [0.1, 0.15) is 0 Å². The second-order valence-electron chi connectivity index (χ2n) is 3.15. The zero-order chi connectivity index (χ0) is 12.3. The van der Waals surface area contributed by atoms with E-state index < -0.39 is 9.84 Å². The van der Waals surface area contributed by atoms with E-state index in [9.17, 15) is 8.42 Å². The number of halogens is 3. The molecule has 1 heterocycles. The van der Waals surface area contributed by atoms with Gasteiger partial charge in [-0.15, -0.1) is 0 Å². The van der Waals surface area contributed by atoms with Crippen LogP contribution >= 0.6 is 34.8 Å². The molecule has 90 valence electrons. The summed E-state index contributed by atoms with van der Waals surface area (Å²) in [7, 11) is -3.02. The molecule has 0 aliphatic heterocycles. The maximum atomic E-state index is 10.9. The standard InChI is InChI=1S/C8H9Cl3N2O2S/c1-16(14,15)3-2-12-8-6(10)4-5(9)7(11)13-8/h4H,2-3H2,1H3,(H,12,13). The molecule has 16 heavy (non-hydrogen) atoms. The van der Waals surface area contributed by atoms with Crippen LogP contribution in [0.4, 0.5) is 5.82 Å². The summed E-state index contributed by atoms with van der Waals surface area (Å²) in [5, 5.41) is 3.44. The average molecular weight is 304 g/mol. The number of sulfone groups is 1. The molecular weight excluding hydrogens is 295 g/mol. The Morgan fingerprint density at radius 2 is 1.94 bits per heavy atom. The van der Waals surface area contributed by atoms with E-state index in [2.05, 4.69) is 10.3 Å². The minimum Gasteiger partial charge on any atom is -0.368 e. The van der Waals surface area contributed by atoms with Crippen molar-refractivity contribution in [1.29, 1.82) is 0 Å². The van der Waals surface area contributed by atoms with Crippen LogP contribution in [0.15, 0.2) is 6.07 Å². The van der Waals surface area contributed by atoms with Gasteiger partial charge in [0.2, 0.25) is 0 Å². The van der Waals surface area contributed by atoms with Gasteiger partial charge in [0.1, 0.15) is 20.8 Å². The molecule has 0 saturated heterocycles. The van der Waals surface area contributed by atoms with Crippen molar-refractivity contribution in [2.45, 2.75) is 0 Å². The first kappa shape index (κ1) is 13.8. The van der Waals surface area contributed by atoms with Gasteiger partial charge in [-0.1, -0.05) is 34.8 Å². The molecule has 0 spiro atoms. The van der Waals surface area contributed by atoms with Crippen molar-refractivity contribution in [1.82, 2.24) is 4.98 Å². The summed E-state index contributed by atoms with van der Waals surface area (Å²) in [4.78, 5) is 3.89. The monoisotopic (exact) mass is 302 g/mol. The van der Waals surface area contributed by atoms with E-state index in [-0.39, 0.29) is 22.5 Å². The fourth-order valence-corrected chi connectivity index (χ4v) is 1.96. The fraction of sp³-hybridized carbons (Fsp3) is 0.375. The van der Waals surface area contributed by atoms with Gasteiger partial charge >= 0.3 is 0 Å². The number of rotatable bonds is 4. The molecule has 0 amide bonds. The van der Waals surface area contributed by atoms with Crippen LogP contribution in [-0.2, 0) is 9.84 Å². The predicted octanol–water partition coefficient (Wildman–Crippen LogP) is 2.50. The molecular formula is C8H9Cl3N2O2S. The summed E-state index contributed by atoms with van der Waals surface area (Å²) in [5.41, 5.74) is 0. The molecule has 0 saturated carbocycles. The Balaban J connectivity index is 2.71. The van der Waals surface area contributed by atoms with E-state index in [1.807, 2.05) is 0 Å². The number of hydrogen-bond donors (Lipinski definition) is 1. The molecule has 0 radical (unpaired) electrons. The largest absolute Gasteiger partial charge is 0.368 e. The van der Waals surface area contributed by atoms with Gasteiger partial charge in [0.15, 0.2) is 0 Å². The van der Waals surface area contributed by atoms with Crippen LogP contribution in [-0.4, -0.2) is 32.0 Å². The number of aromatic nitrogens is 1. The first-order valence-corrected chi connectivity index (χ1v) is 7.42. The van der Waals surface area contributed by atoms with Gasteiger partial charge in [0.25, 0.3) is 0 Å². The summed E-state index contributed by atoms with van der Waals surface area (Å²) < 4.78 is 21.8. The van der Waals surface area contributed by atoms with Gasteiger partial charge in [-0.05, 0) is 6.07 Å². The van der Waals surface area contributed by atoms with Gasteiger partial charge in [-0.3, -0.25) is 0 Å². The molecule has 8 heteroatoms. The van der Waals surface area contributed by atoms with Crippen LogP contribution in [0.5, 0.6) is 0 Å². The van der Waals surface area contributed by atoms with Gasteiger partial charge < -0.3 is 5.32 Å². The highest BCUT2D eigenvalue weighted by atomic mass is 35.5. The molecule has 0 aliphatic rings. The van der Waals surface area contributed by atoms with Crippen LogP contribution in [0.25, 0.3) is 0 Å². The highest BCUT2D eigenvalue weighted by Crippen LogP contribution is 2.28. The van der Waals surface area contributed by atoms with Gasteiger partial charge in [-0.25, -0.2) is 13.4 Å². The van der Waals surface area contributed by atoms with Crippen LogP contribution in [0.3, 0.4) is 0 Å². The number of nitrogens with one attached hydrogen (secondary N) is 1. The molecule has 1 aromatic heterocycles. The fourth-order valence-electron chi connectivity index (χ4n) is 0.923. The zero-order valence-corrected chi connectivity index (χ0v) is 11.4. The highest BCUT2D eigenvalue weighted by Gasteiger charge is 2.08. The maximum absolute atomic E-state index is 10.9. The van der Waals surface area contributed by atoms with Crippen LogP contribution in [0.2, 0.25) is 15.2 Å². The number of nitrogens with zero attached hydrogens (tertiary/aromatic N) is 1. The maximum Gasteiger partial charge on any atom is 0.150 e. The van der Waals surface area contributed by atoms with E-state index in [0.29, 0.717) is 10.8 Å². The predicted molar refractivity (Wildman–Crippen MR) is 67.5 cm³/mol. The molecule has 1 rings (SSSR count). The third-order valence-electron chi connectivity index (χ3n) is 1.65. The van der Waals surface area contributed by atoms with Crippen molar-refractivity contribution < 1.29 is 8.42 Å². The van der Waals surface area contributed by atoms with Gasteiger partial charge in [0.05, 0.1) is 15.8 Å². The number of anilines is 1. The molecule has 0 unspecified atom stereocenters. The second-order valence-corrected chi connectivity index (χ2v) is 6.58. The van der Waals surface area contributed by atoms with Crippen molar-refractivity contribution >= 4 is 50.5 Å². The molecule has 1 N–H and O–H groups in total. The quantitative estimate of drug-likeness (QED) is 0.868. The minimum absolute atomic E-state index is 0.00868. The summed E-state index contributed by atoms with van der Waals surface area (Å²) in [6.45, 7) is 0.212. The van der Waals surface area contributed by atoms with E-state index in [1.165, 1.54) is 6.07 Å². The lowest BCUT2D eigenvalue weighted by molar-refractivity contribution is 0.602. The molecule has 0 bridgehead atoms. The van der Waals surface area contributed by atoms with E-state index in [4.69, 9.17) is 34.8 Å². The van der Waals surface area contributed by atoms with Crippen LogP contribution < -0.4 is 5.32 Å². The van der Waals surface area contributed by atoms with Crippen molar-refractivity contribution in [3.05, 3.63) is 21.3 Å². The molecule has 0 aromatic carbocycles. The summed E-state index contributed by atoms with van der Waals surface area (Å²) >= 11 is 17.2. The third-order valence-corrected chi connectivity index (χ3v) is 3.56. The van der Waals surface area contributed by atoms with Crippen molar-refractivity contribution in [2.75, 3.05) is 23.9 Å². The Morgan fingerprint density at radius 1 is 1.31 bits per heavy atom. The SMILES string of the molecule is CS(=O)(=O)CCNc1nc(Cl)c(Cl)cc1Cl. The highest BCUT2D eigenvalue weighted by molar-refractivity contribution is 7.90. The first-order chi connectivity index (χ1) is 7.29. The Bertz CT molecular complexity index is 490. The van der Waals surface area contributed by atoms with Crippen molar-refractivity contribution in [3.63, 3.8) is 0 Å². The summed E-state index contributed by atoms with van der Waals surface area (Å²) in [6.07, 6.45) is 1.15. The van der Waals surface area contributed by atoms with Gasteiger partial charge in [0, 0.05) is 12.8 Å².